The van der Waals surface area contributed by atoms with Gasteiger partial charge in [-0.2, -0.15) is 5.10 Å². The second-order valence-corrected chi connectivity index (χ2v) is 5.69. The largest absolute Gasteiger partial charge is 0.271 e. The molecule has 0 aromatic heterocycles. The van der Waals surface area contributed by atoms with Gasteiger partial charge in [-0.3, -0.25) is 4.79 Å². The molecular weight excluding hydrogens is 272 g/mol. The lowest BCUT2D eigenvalue weighted by Crippen LogP contribution is -2.22. The molecule has 0 saturated heterocycles. The SMILES string of the molecule is O=C(N/N=C1/CCC[C@@H](c2ccccc2)C1)c1ccccc1. The molecule has 2 aromatic carbocycles. The zero-order valence-corrected chi connectivity index (χ0v) is 12.5. The Balaban J connectivity index is 1.63. The summed E-state index contributed by atoms with van der Waals surface area (Å²) in [5, 5.41) is 4.35. The van der Waals surface area contributed by atoms with Crippen LogP contribution in [0.25, 0.3) is 0 Å². The van der Waals surface area contributed by atoms with E-state index in [1.807, 2.05) is 24.3 Å². The van der Waals surface area contributed by atoms with Crippen molar-refractivity contribution in [2.24, 2.45) is 5.10 Å². The summed E-state index contributed by atoms with van der Waals surface area (Å²) < 4.78 is 0. The minimum atomic E-state index is -0.144. The van der Waals surface area contributed by atoms with Crippen molar-refractivity contribution in [3.63, 3.8) is 0 Å². The maximum Gasteiger partial charge on any atom is 0.271 e. The number of hydrogen-bond acceptors (Lipinski definition) is 2. The lowest BCUT2D eigenvalue weighted by molar-refractivity contribution is 0.0954. The minimum Gasteiger partial charge on any atom is -0.267 e. The molecule has 3 rings (SSSR count). The summed E-state index contributed by atoms with van der Waals surface area (Å²) in [6, 6.07) is 19.8. The topological polar surface area (TPSA) is 41.5 Å². The molecule has 1 amide bonds. The van der Waals surface area contributed by atoms with E-state index in [0.29, 0.717) is 11.5 Å². The van der Waals surface area contributed by atoms with Gasteiger partial charge < -0.3 is 0 Å². The number of nitrogens with one attached hydrogen (secondary N) is 1. The van der Waals surface area contributed by atoms with E-state index in [1.165, 1.54) is 12.0 Å². The van der Waals surface area contributed by atoms with Crippen molar-refractivity contribution in [3.8, 4) is 0 Å². The van der Waals surface area contributed by atoms with E-state index in [9.17, 15) is 4.79 Å². The average Bonchev–Trinajstić information content (AvgIpc) is 2.61. The first-order valence-corrected chi connectivity index (χ1v) is 7.78. The third-order valence-electron chi connectivity index (χ3n) is 4.12. The zero-order valence-electron chi connectivity index (χ0n) is 12.5. The van der Waals surface area contributed by atoms with Crippen LogP contribution in [0.4, 0.5) is 0 Å². The molecule has 2 aromatic rings. The molecule has 0 heterocycles. The van der Waals surface area contributed by atoms with Crippen molar-refractivity contribution in [1.82, 2.24) is 5.43 Å². The van der Waals surface area contributed by atoms with Gasteiger partial charge in [0.15, 0.2) is 0 Å². The van der Waals surface area contributed by atoms with Gasteiger partial charge in [0, 0.05) is 11.3 Å². The lowest BCUT2D eigenvalue weighted by Gasteiger charge is -2.23. The van der Waals surface area contributed by atoms with E-state index in [2.05, 4.69) is 34.8 Å². The Bertz CT molecular complexity index is 650. The van der Waals surface area contributed by atoms with Crippen molar-refractivity contribution in [2.45, 2.75) is 31.6 Å². The summed E-state index contributed by atoms with van der Waals surface area (Å²) >= 11 is 0. The van der Waals surface area contributed by atoms with Gasteiger partial charge in [-0.1, -0.05) is 48.5 Å². The first kappa shape index (κ1) is 14.5. The number of nitrogens with zero attached hydrogens (tertiary/aromatic N) is 1. The highest BCUT2D eigenvalue weighted by molar-refractivity contribution is 5.95. The molecule has 0 radical (unpaired) electrons. The van der Waals surface area contributed by atoms with Crippen LogP contribution >= 0.6 is 0 Å². The van der Waals surface area contributed by atoms with Gasteiger partial charge in [0.1, 0.15) is 0 Å². The summed E-state index contributed by atoms with van der Waals surface area (Å²) in [5.74, 6) is 0.372. The molecule has 0 spiro atoms. The van der Waals surface area contributed by atoms with E-state index >= 15 is 0 Å². The quantitative estimate of drug-likeness (QED) is 0.849. The smallest absolute Gasteiger partial charge is 0.267 e. The first-order chi connectivity index (χ1) is 10.8. The number of benzene rings is 2. The molecule has 1 N–H and O–H groups in total. The maximum atomic E-state index is 12.0. The second kappa shape index (κ2) is 7.03. The van der Waals surface area contributed by atoms with Crippen LogP contribution < -0.4 is 5.43 Å². The fourth-order valence-corrected chi connectivity index (χ4v) is 2.94. The van der Waals surface area contributed by atoms with Crippen LogP contribution in [0.15, 0.2) is 65.8 Å². The number of hydrogen-bond donors (Lipinski definition) is 1. The zero-order chi connectivity index (χ0) is 15.2. The van der Waals surface area contributed by atoms with Crippen LogP contribution in [0.5, 0.6) is 0 Å². The fourth-order valence-electron chi connectivity index (χ4n) is 2.94. The highest BCUT2D eigenvalue weighted by atomic mass is 16.2. The number of amides is 1. The van der Waals surface area contributed by atoms with Crippen molar-refractivity contribution >= 4 is 11.6 Å². The first-order valence-electron chi connectivity index (χ1n) is 7.78. The van der Waals surface area contributed by atoms with E-state index in [-0.39, 0.29) is 5.91 Å². The third-order valence-corrected chi connectivity index (χ3v) is 4.12. The summed E-state index contributed by atoms with van der Waals surface area (Å²) in [5.41, 5.74) is 5.78. The van der Waals surface area contributed by atoms with Gasteiger partial charge in [-0.05, 0) is 49.3 Å². The molecule has 0 bridgehead atoms. The standard InChI is InChI=1S/C19H20N2O/c22-19(16-10-5-2-6-11-16)21-20-18-13-7-12-17(14-18)15-8-3-1-4-9-15/h1-6,8-11,17H,7,12-14H2,(H,21,22)/b20-18-/t17-/m1/s1. The number of hydrazone groups is 1. The molecule has 3 heteroatoms. The highest BCUT2D eigenvalue weighted by Gasteiger charge is 2.19. The molecule has 22 heavy (non-hydrogen) atoms. The van der Waals surface area contributed by atoms with E-state index in [4.69, 9.17) is 0 Å². The Hall–Kier alpha value is -2.42. The normalized spacial score (nSPS) is 19.8. The molecular formula is C19H20N2O. The Labute approximate surface area is 131 Å². The number of rotatable bonds is 3. The van der Waals surface area contributed by atoms with Gasteiger partial charge in [0.25, 0.3) is 5.91 Å². The summed E-state index contributed by atoms with van der Waals surface area (Å²) in [6.45, 7) is 0. The van der Waals surface area contributed by atoms with Crippen LogP contribution in [-0.2, 0) is 0 Å². The van der Waals surface area contributed by atoms with Crippen LogP contribution in [-0.4, -0.2) is 11.6 Å². The third kappa shape index (κ3) is 3.61. The summed E-state index contributed by atoms with van der Waals surface area (Å²) in [4.78, 5) is 12.0. The van der Waals surface area contributed by atoms with Gasteiger partial charge >= 0.3 is 0 Å². The van der Waals surface area contributed by atoms with Crippen molar-refractivity contribution in [1.29, 1.82) is 0 Å². The highest BCUT2D eigenvalue weighted by Crippen LogP contribution is 2.31. The molecule has 1 atom stereocenters. The molecule has 0 aliphatic heterocycles. The Morgan fingerprint density at radius 1 is 1.00 bits per heavy atom. The van der Waals surface area contributed by atoms with Crippen LogP contribution in [0.2, 0.25) is 0 Å². The maximum absolute atomic E-state index is 12.0. The van der Waals surface area contributed by atoms with Gasteiger partial charge in [0.05, 0.1) is 0 Å². The van der Waals surface area contributed by atoms with Gasteiger partial charge in [0.2, 0.25) is 0 Å². The van der Waals surface area contributed by atoms with E-state index < -0.39 is 0 Å². The molecule has 1 aliphatic rings. The van der Waals surface area contributed by atoms with Crippen LogP contribution in [0, 0.1) is 0 Å². The summed E-state index contributed by atoms with van der Waals surface area (Å²) in [7, 11) is 0. The van der Waals surface area contributed by atoms with Crippen molar-refractivity contribution < 1.29 is 4.79 Å². The van der Waals surface area contributed by atoms with Gasteiger partial charge in [-0.15, -0.1) is 0 Å². The predicted octanol–water partition coefficient (Wildman–Crippen LogP) is 4.13. The molecule has 1 fully saturated rings. The van der Waals surface area contributed by atoms with Crippen LogP contribution in [0.1, 0.15) is 47.5 Å². The summed E-state index contributed by atoms with van der Waals surface area (Å²) in [6.07, 6.45) is 4.22. The Morgan fingerprint density at radius 3 is 2.41 bits per heavy atom. The van der Waals surface area contributed by atoms with E-state index in [0.717, 1.165) is 25.0 Å². The number of carbonyl (C=O) groups excluding carboxylic acids is 1. The minimum absolute atomic E-state index is 0.144. The second-order valence-electron chi connectivity index (χ2n) is 5.69. The fraction of sp³-hybridized carbons (Fsp3) is 0.263. The Morgan fingerprint density at radius 2 is 1.68 bits per heavy atom. The van der Waals surface area contributed by atoms with E-state index in [1.54, 1.807) is 12.1 Å². The number of carbonyl (C=O) groups is 1. The predicted molar refractivity (Wildman–Crippen MR) is 89.0 cm³/mol. The Kier molecular flexibility index (Phi) is 4.64. The molecule has 1 saturated carbocycles. The molecule has 3 nitrogen and oxygen atoms in total. The van der Waals surface area contributed by atoms with Crippen molar-refractivity contribution in [3.05, 3.63) is 71.8 Å². The van der Waals surface area contributed by atoms with Crippen molar-refractivity contribution in [2.75, 3.05) is 0 Å². The monoisotopic (exact) mass is 292 g/mol. The van der Waals surface area contributed by atoms with Crippen LogP contribution in [0.3, 0.4) is 0 Å². The average molecular weight is 292 g/mol. The molecule has 112 valence electrons. The lowest BCUT2D eigenvalue weighted by atomic mass is 9.83. The van der Waals surface area contributed by atoms with Gasteiger partial charge in [-0.25, -0.2) is 5.43 Å². The molecule has 1 aliphatic carbocycles. The molecule has 0 unspecified atom stereocenters.